The Morgan fingerprint density at radius 1 is 0.950 bits per heavy atom. The monoisotopic (exact) mass is 298 g/mol. The van der Waals surface area contributed by atoms with Gasteiger partial charge in [0.1, 0.15) is 0 Å². The van der Waals surface area contributed by atoms with Crippen LogP contribution in [0.1, 0.15) is 22.1 Å². The number of rotatable bonds is 2. The van der Waals surface area contributed by atoms with Crippen molar-refractivity contribution in [3.8, 4) is 0 Å². The second-order valence-corrected chi connectivity index (χ2v) is 6.91. The van der Waals surface area contributed by atoms with E-state index in [4.69, 9.17) is 11.6 Å². The highest BCUT2D eigenvalue weighted by atomic mass is 35.5. The molecule has 0 bridgehead atoms. The fourth-order valence-electron chi connectivity index (χ4n) is 3.27. The smallest absolute Gasteiger partial charge is 0.0634 e. The quantitative estimate of drug-likeness (QED) is 0.541. The van der Waals surface area contributed by atoms with Gasteiger partial charge in [-0.15, -0.1) is 22.9 Å². The molecular weight excluding hydrogens is 284 g/mol. The zero-order valence-electron chi connectivity index (χ0n) is 11.1. The molecule has 0 radical (unpaired) electrons. The van der Waals surface area contributed by atoms with Crippen LogP contribution in [-0.2, 0) is 12.8 Å². The van der Waals surface area contributed by atoms with Gasteiger partial charge in [-0.3, -0.25) is 0 Å². The maximum absolute atomic E-state index is 6.83. The molecule has 0 saturated carbocycles. The lowest BCUT2D eigenvalue weighted by molar-refractivity contribution is 0.544. The first-order valence-corrected chi connectivity index (χ1v) is 8.31. The normalized spacial score (nSPS) is 16.4. The molecule has 100 valence electrons. The van der Waals surface area contributed by atoms with E-state index in [0.29, 0.717) is 5.92 Å². The predicted molar refractivity (Wildman–Crippen MR) is 87.8 cm³/mol. The van der Waals surface area contributed by atoms with Gasteiger partial charge in [0, 0.05) is 4.70 Å². The molecular formula is C18H15ClS. The lowest BCUT2D eigenvalue weighted by atomic mass is 9.95. The van der Waals surface area contributed by atoms with Crippen molar-refractivity contribution in [3.63, 3.8) is 0 Å². The lowest BCUT2D eigenvalue weighted by Gasteiger charge is -2.16. The summed E-state index contributed by atoms with van der Waals surface area (Å²) in [6, 6.07) is 17.3. The van der Waals surface area contributed by atoms with Crippen LogP contribution in [0.2, 0.25) is 0 Å². The van der Waals surface area contributed by atoms with Crippen molar-refractivity contribution in [2.75, 3.05) is 0 Å². The van der Waals surface area contributed by atoms with Crippen LogP contribution < -0.4 is 0 Å². The van der Waals surface area contributed by atoms with Gasteiger partial charge in [-0.25, -0.2) is 0 Å². The third kappa shape index (κ3) is 1.97. The molecule has 3 aromatic rings. The molecule has 1 aromatic heterocycles. The molecule has 0 nitrogen and oxygen atoms in total. The Balaban J connectivity index is 1.67. The topological polar surface area (TPSA) is 0 Å². The van der Waals surface area contributed by atoms with Crippen molar-refractivity contribution in [2.24, 2.45) is 5.92 Å². The molecule has 1 heterocycles. The summed E-state index contributed by atoms with van der Waals surface area (Å²) in [4.78, 5) is 0. The van der Waals surface area contributed by atoms with Crippen LogP contribution in [-0.4, -0.2) is 0 Å². The molecule has 1 aliphatic rings. The Labute approximate surface area is 128 Å². The molecule has 0 spiro atoms. The van der Waals surface area contributed by atoms with Gasteiger partial charge < -0.3 is 0 Å². The Kier molecular flexibility index (Phi) is 3.05. The number of hydrogen-bond donors (Lipinski definition) is 0. The molecule has 2 heteroatoms. The summed E-state index contributed by atoms with van der Waals surface area (Å²) < 4.78 is 1.34. The highest BCUT2D eigenvalue weighted by Gasteiger charge is 2.29. The molecule has 0 fully saturated rings. The third-order valence-corrected chi connectivity index (χ3v) is 5.88. The first-order chi connectivity index (χ1) is 9.83. The lowest BCUT2D eigenvalue weighted by Crippen LogP contribution is -2.07. The average Bonchev–Trinajstić information content (AvgIpc) is 3.10. The molecule has 0 saturated heterocycles. The molecule has 0 amide bonds. The molecule has 1 unspecified atom stereocenters. The fourth-order valence-corrected chi connectivity index (χ4v) is 4.70. The van der Waals surface area contributed by atoms with Crippen molar-refractivity contribution < 1.29 is 0 Å². The van der Waals surface area contributed by atoms with Crippen LogP contribution in [0.25, 0.3) is 10.1 Å². The second kappa shape index (κ2) is 4.91. The highest BCUT2D eigenvalue weighted by molar-refractivity contribution is 7.17. The number of benzene rings is 2. The van der Waals surface area contributed by atoms with Gasteiger partial charge in [0.25, 0.3) is 0 Å². The zero-order valence-corrected chi connectivity index (χ0v) is 12.6. The predicted octanol–water partition coefficient (Wildman–Crippen LogP) is 5.60. The van der Waals surface area contributed by atoms with Crippen molar-refractivity contribution in [1.29, 1.82) is 0 Å². The maximum Gasteiger partial charge on any atom is 0.0634 e. The Morgan fingerprint density at radius 2 is 1.60 bits per heavy atom. The molecule has 1 atom stereocenters. The van der Waals surface area contributed by atoms with Gasteiger partial charge >= 0.3 is 0 Å². The van der Waals surface area contributed by atoms with E-state index in [-0.39, 0.29) is 5.38 Å². The van der Waals surface area contributed by atoms with E-state index < -0.39 is 0 Å². The first-order valence-electron chi connectivity index (χ1n) is 7.00. The Hall–Kier alpha value is -1.31. The number of halogens is 1. The minimum atomic E-state index is 0.110. The molecule has 0 N–H and O–H groups in total. The van der Waals surface area contributed by atoms with Gasteiger partial charge in [-0.2, -0.15) is 0 Å². The van der Waals surface area contributed by atoms with E-state index in [1.54, 1.807) is 11.3 Å². The van der Waals surface area contributed by atoms with Crippen LogP contribution in [0.15, 0.2) is 53.9 Å². The van der Waals surface area contributed by atoms with Gasteiger partial charge in [-0.1, -0.05) is 42.5 Å². The van der Waals surface area contributed by atoms with Crippen LogP contribution in [0.4, 0.5) is 0 Å². The summed E-state index contributed by atoms with van der Waals surface area (Å²) in [5, 5.41) is 3.68. The van der Waals surface area contributed by atoms with Crippen molar-refractivity contribution in [3.05, 3.63) is 70.6 Å². The van der Waals surface area contributed by atoms with E-state index in [2.05, 4.69) is 53.9 Å². The van der Waals surface area contributed by atoms with E-state index in [0.717, 1.165) is 12.8 Å². The number of fused-ring (bicyclic) bond motifs is 2. The zero-order chi connectivity index (χ0) is 13.5. The van der Waals surface area contributed by atoms with E-state index in [1.165, 1.54) is 26.8 Å². The Morgan fingerprint density at radius 3 is 2.35 bits per heavy atom. The summed E-state index contributed by atoms with van der Waals surface area (Å²) in [6.45, 7) is 0. The van der Waals surface area contributed by atoms with Crippen LogP contribution >= 0.6 is 22.9 Å². The van der Waals surface area contributed by atoms with Crippen LogP contribution in [0, 0.1) is 5.92 Å². The van der Waals surface area contributed by atoms with Gasteiger partial charge in [-0.05, 0) is 52.3 Å². The number of thiophene rings is 1. The summed E-state index contributed by atoms with van der Waals surface area (Å²) in [5.41, 5.74) is 4.26. The van der Waals surface area contributed by atoms with Crippen molar-refractivity contribution >= 4 is 33.0 Å². The van der Waals surface area contributed by atoms with E-state index >= 15 is 0 Å². The van der Waals surface area contributed by atoms with Crippen LogP contribution in [0.5, 0.6) is 0 Å². The molecule has 2 aromatic carbocycles. The summed E-state index contributed by atoms with van der Waals surface area (Å²) in [5.74, 6) is 0.520. The summed E-state index contributed by atoms with van der Waals surface area (Å²) in [7, 11) is 0. The Bertz CT molecular complexity index is 734. The van der Waals surface area contributed by atoms with Crippen molar-refractivity contribution in [2.45, 2.75) is 18.2 Å². The van der Waals surface area contributed by atoms with Gasteiger partial charge in [0.05, 0.1) is 5.38 Å². The van der Waals surface area contributed by atoms with Gasteiger partial charge in [0.2, 0.25) is 0 Å². The first kappa shape index (κ1) is 12.4. The maximum atomic E-state index is 6.83. The molecule has 20 heavy (non-hydrogen) atoms. The largest absolute Gasteiger partial charge is 0.143 e. The summed E-state index contributed by atoms with van der Waals surface area (Å²) in [6.07, 6.45) is 2.21. The second-order valence-electron chi connectivity index (χ2n) is 5.53. The third-order valence-electron chi connectivity index (χ3n) is 4.30. The van der Waals surface area contributed by atoms with Crippen LogP contribution in [0.3, 0.4) is 0 Å². The SMILES string of the molecule is ClC(c1csc2ccccc12)C1Cc2ccccc2C1. The highest BCUT2D eigenvalue weighted by Crippen LogP contribution is 2.42. The standard InChI is InChI=1S/C18H15ClS/c19-18(14-9-12-5-1-2-6-13(12)10-14)16-11-20-17-8-4-3-7-15(16)17/h1-8,11,14,18H,9-10H2. The minimum Gasteiger partial charge on any atom is -0.143 e. The van der Waals surface area contributed by atoms with Crippen molar-refractivity contribution in [1.82, 2.24) is 0 Å². The van der Waals surface area contributed by atoms with Gasteiger partial charge in [0.15, 0.2) is 0 Å². The molecule has 0 aliphatic heterocycles. The summed E-state index contributed by atoms with van der Waals surface area (Å²) >= 11 is 8.63. The van der Waals surface area contributed by atoms with E-state index in [1.807, 2.05) is 0 Å². The average molecular weight is 299 g/mol. The molecule has 1 aliphatic carbocycles. The minimum absolute atomic E-state index is 0.110. The number of alkyl halides is 1. The number of hydrogen-bond acceptors (Lipinski definition) is 1. The van der Waals surface area contributed by atoms with E-state index in [9.17, 15) is 0 Å². The molecule has 4 rings (SSSR count). The fraction of sp³-hybridized carbons (Fsp3) is 0.222.